The van der Waals surface area contributed by atoms with Gasteiger partial charge in [0.25, 0.3) is 0 Å². The highest BCUT2D eigenvalue weighted by molar-refractivity contribution is 7.95. The fourth-order valence-corrected chi connectivity index (χ4v) is 2.50. The second-order valence-corrected chi connectivity index (χ2v) is 5.42. The van der Waals surface area contributed by atoms with Gasteiger partial charge in [-0.15, -0.1) is 0 Å². The van der Waals surface area contributed by atoms with Gasteiger partial charge in [0.2, 0.25) is 10.0 Å². The summed E-state index contributed by atoms with van der Waals surface area (Å²) in [5, 5.41) is 0. The van der Waals surface area contributed by atoms with Gasteiger partial charge < -0.3 is 10.5 Å². The first kappa shape index (κ1) is 13.7. The molecule has 0 aliphatic carbocycles. The number of anilines is 1. The van der Waals surface area contributed by atoms with Crippen LogP contribution < -0.4 is 15.2 Å². The Kier molecular flexibility index (Phi) is 4.24. The van der Waals surface area contributed by atoms with Gasteiger partial charge in [0.05, 0.1) is 17.8 Å². The molecule has 0 aliphatic rings. The Morgan fingerprint density at radius 2 is 2.24 bits per heavy atom. The van der Waals surface area contributed by atoms with E-state index in [1.165, 1.54) is 19.2 Å². The average molecular weight is 278 g/mol. The number of nitrogens with one attached hydrogen (secondary N) is 1. The molecule has 17 heavy (non-hydrogen) atoms. The van der Waals surface area contributed by atoms with Crippen molar-refractivity contribution in [3.63, 3.8) is 0 Å². The summed E-state index contributed by atoms with van der Waals surface area (Å²) in [7, 11) is -2.40. The third-order valence-electron chi connectivity index (χ3n) is 1.77. The van der Waals surface area contributed by atoms with E-state index in [4.69, 9.17) is 10.5 Å². The third kappa shape index (κ3) is 4.16. The summed E-state index contributed by atoms with van der Waals surface area (Å²) < 4.78 is 43.2. The van der Waals surface area contributed by atoms with Gasteiger partial charge in [-0.05, 0) is 12.1 Å². The molecule has 1 aromatic rings. The van der Waals surface area contributed by atoms with Crippen LogP contribution >= 0.6 is 12.2 Å². The Hall–Kier alpha value is -1.41. The normalized spacial score (nSPS) is 10.9. The number of sulfonamides is 1. The number of benzene rings is 1. The maximum absolute atomic E-state index is 13.3. The van der Waals surface area contributed by atoms with Gasteiger partial charge in [0.15, 0.2) is 0 Å². The predicted molar refractivity (Wildman–Crippen MR) is 67.1 cm³/mol. The van der Waals surface area contributed by atoms with E-state index in [1.54, 1.807) is 0 Å². The van der Waals surface area contributed by atoms with Crippen molar-refractivity contribution in [1.82, 2.24) is 0 Å². The van der Waals surface area contributed by atoms with Crippen molar-refractivity contribution in [1.29, 1.82) is 0 Å². The summed E-state index contributed by atoms with van der Waals surface area (Å²) in [5.41, 5.74) is 4.91. The largest absolute Gasteiger partial charge is 0.497 e. The summed E-state index contributed by atoms with van der Waals surface area (Å²) in [4.78, 5) is -0.194. The van der Waals surface area contributed by atoms with Crippen molar-refractivity contribution in [2.24, 2.45) is 5.73 Å². The summed E-state index contributed by atoms with van der Waals surface area (Å²) in [6.45, 7) is 0. The van der Waals surface area contributed by atoms with Crippen molar-refractivity contribution in [3.8, 4) is 5.75 Å². The topological polar surface area (TPSA) is 81.4 Å². The maximum Gasteiger partial charge on any atom is 0.239 e. The Bertz CT molecular complexity index is 531. The Morgan fingerprint density at radius 1 is 1.59 bits per heavy atom. The molecule has 5 nitrogen and oxygen atoms in total. The predicted octanol–water partition coefficient (Wildman–Crippen LogP) is 0.862. The fourth-order valence-electron chi connectivity index (χ4n) is 1.10. The van der Waals surface area contributed by atoms with Crippen LogP contribution in [0.2, 0.25) is 0 Å². The molecule has 1 rings (SSSR count). The third-order valence-corrected chi connectivity index (χ3v) is 3.32. The van der Waals surface area contributed by atoms with Gasteiger partial charge in [0.1, 0.15) is 17.3 Å². The van der Waals surface area contributed by atoms with Crippen molar-refractivity contribution in [3.05, 3.63) is 24.0 Å². The number of ether oxygens (including phenoxy) is 1. The van der Waals surface area contributed by atoms with Crippen LogP contribution in [0, 0.1) is 5.82 Å². The molecule has 3 N–H and O–H groups in total. The molecule has 94 valence electrons. The highest BCUT2D eigenvalue weighted by Gasteiger charge is 2.15. The number of thiocarbonyl (C=S) groups is 1. The zero-order valence-electron chi connectivity index (χ0n) is 8.94. The minimum Gasteiger partial charge on any atom is -0.497 e. The second kappa shape index (κ2) is 5.28. The SMILES string of the molecule is COc1ccc(F)c(NS(=O)(=O)CC(N)=S)c1. The molecule has 0 saturated carbocycles. The molecular formula is C9H11FN2O3S2. The summed E-state index contributed by atoms with van der Waals surface area (Å²) in [6, 6.07) is 3.70. The smallest absolute Gasteiger partial charge is 0.239 e. The van der Waals surface area contributed by atoms with Crippen LogP contribution in [0.5, 0.6) is 5.75 Å². The lowest BCUT2D eigenvalue weighted by atomic mass is 10.3. The number of hydrogen-bond acceptors (Lipinski definition) is 4. The number of rotatable bonds is 5. The zero-order valence-corrected chi connectivity index (χ0v) is 10.6. The lowest BCUT2D eigenvalue weighted by molar-refractivity contribution is 0.414. The van der Waals surface area contributed by atoms with E-state index >= 15 is 0 Å². The molecule has 0 fully saturated rings. The standard InChI is InChI=1S/C9H11FN2O3S2/c1-15-6-2-3-7(10)8(4-6)12-17(13,14)5-9(11)16/h2-4,12H,5H2,1H3,(H2,11,16). The Balaban J connectivity index is 2.98. The van der Waals surface area contributed by atoms with Crippen LogP contribution in [0.3, 0.4) is 0 Å². The van der Waals surface area contributed by atoms with Gasteiger partial charge in [-0.25, -0.2) is 12.8 Å². The van der Waals surface area contributed by atoms with E-state index in [2.05, 4.69) is 12.2 Å². The molecule has 0 bridgehead atoms. The second-order valence-electron chi connectivity index (χ2n) is 3.17. The first-order chi connectivity index (χ1) is 7.84. The Morgan fingerprint density at radius 3 is 2.76 bits per heavy atom. The molecule has 0 saturated heterocycles. The number of methoxy groups -OCH3 is 1. The molecule has 0 amide bonds. The highest BCUT2D eigenvalue weighted by Crippen LogP contribution is 2.21. The van der Waals surface area contributed by atoms with Crippen molar-refractivity contribution < 1.29 is 17.5 Å². The minimum atomic E-state index is -3.79. The van der Waals surface area contributed by atoms with E-state index in [-0.39, 0.29) is 10.7 Å². The van der Waals surface area contributed by atoms with Crippen LogP contribution in [0.25, 0.3) is 0 Å². The number of nitrogens with two attached hydrogens (primary N) is 1. The molecule has 0 heterocycles. The van der Waals surface area contributed by atoms with Gasteiger partial charge in [-0.2, -0.15) is 0 Å². The zero-order chi connectivity index (χ0) is 13.1. The molecule has 0 aromatic heterocycles. The maximum atomic E-state index is 13.3. The van der Waals surface area contributed by atoms with Gasteiger partial charge in [0, 0.05) is 6.07 Å². The van der Waals surface area contributed by atoms with Gasteiger partial charge in [-0.1, -0.05) is 12.2 Å². The first-order valence-corrected chi connectivity index (χ1v) is 6.52. The van der Waals surface area contributed by atoms with Crippen LogP contribution in [-0.4, -0.2) is 26.3 Å². The number of hydrogen-bond donors (Lipinski definition) is 2. The summed E-state index contributed by atoms with van der Waals surface area (Å²) in [6.07, 6.45) is 0. The number of halogens is 1. The molecule has 0 spiro atoms. The van der Waals surface area contributed by atoms with Gasteiger partial charge in [-0.3, -0.25) is 4.72 Å². The molecule has 0 unspecified atom stereocenters. The molecule has 0 radical (unpaired) electrons. The molecule has 0 atom stereocenters. The lowest BCUT2D eigenvalue weighted by Crippen LogP contribution is -2.26. The summed E-state index contributed by atoms with van der Waals surface area (Å²) in [5.74, 6) is -0.921. The van der Waals surface area contributed by atoms with Crippen LogP contribution in [0.1, 0.15) is 0 Å². The van der Waals surface area contributed by atoms with Gasteiger partial charge >= 0.3 is 0 Å². The van der Waals surface area contributed by atoms with Crippen LogP contribution in [-0.2, 0) is 10.0 Å². The lowest BCUT2D eigenvalue weighted by Gasteiger charge is -2.09. The molecular weight excluding hydrogens is 267 g/mol. The van der Waals surface area contributed by atoms with Crippen molar-refractivity contribution in [2.45, 2.75) is 0 Å². The van der Waals surface area contributed by atoms with E-state index in [0.717, 1.165) is 6.07 Å². The van der Waals surface area contributed by atoms with E-state index < -0.39 is 21.6 Å². The highest BCUT2D eigenvalue weighted by atomic mass is 32.2. The molecule has 1 aromatic carbocycles. The molecule has 8 heteroatoms. The average Bonchev–Trinajstić information content (AvgIpc) is 2.19. The first-order valence-electron chi connectivity index (χ1n) is 4.46. The van der Waals surface area contributed by atoms with E-state index in [0.29, 0.717) is 5.75 Å². The van der Waals surface area contributed by atoms with Crippen molar-refractivity contribution in [2.75, 3.05) is 17.6 Å². The van der Waals surface area contributed by atoms with Crippen molar-refractivity contribution >= 4 is 32.9 Å². The quantitative estimate of drug-likeness (QED) is 0.781. The Labute approximate surface area is 104 Å². The summed E-state index contributed by atoms with van der Waals surface area (Å²) >= 11 is 4.48. The van der Waals surface area contributed by atoms with E-state index in [9.17, 15) is 12.8 Å². The van der Waals surface area contributed by atoms with E-state index in [1.807, 2.05) is 4.72 Å². The minimum absolute atomic E-state index is 0.194. The monoisotopic (exact) mass is 278 g/mol. The molecule has 0 aliphatic heterocycles. The van der Waals surface area contributed by atoms with Crippen LogP contribution in [0.15, 0.2) is 18.2 Å². The fraction of sp³-hybridized carbons (Fsp3) is 0.222. The van der Waals surface area contributed by atoms with Crippen LogP contribution in [0.4, 0.5) is 10.1 Å².